The number of amides is 1. The van der Waals surface area contributed by atoms with E-state index in [1.807, 2.05) is 20.8 Å². The summed E-state index contributed by atoms with van der Waals surface area (Å²) in [4.78, 5) is 16.7. The smallest absolute Gasteiger partial charge is 0.339 e. The van der Waals surface area contributed by atoms with Crippen molar-refractivity contribution in [3.8, 4) is 11.5 Å². The highest BCUT2D eigenvalue weighted by atomic mass is 35.5. The van der Waals surface area contributed by atoms with E-state index in [1.54, 1.807) is 12.1 Å². The maximum Gasteiger partial charge on any atom is 0.339 e. The third-order valence-electron chi connectivity index (χ3n) is 5.03. The van der Waals surface area contributed by atoms with Crippen molar-refractivity contribution in [3.05, 3.63) is 58.1 Å². The third kappa shape index (κ3) is 4.97. The SMILES string of the molecule is COc1cc(/C=C2\C(=N)N3N=C(C(C)C)SC3=NC2=O)cc(Cl)c1OS(=O)(=O)c1ccc(C)cc1. The second-order valence-electron chi connectivity index (χ2n) is 8.00. The van der Waals surface area contributed by atoms with Crippen LogP contribution in [-0.4, -0.2) is 42.5 Å². The summed E-state index contributed by atoms with van der Waals surface area (Å²) in [7, 11) is -2.84. The van der Waals surface area contributed by atoms with Gasteiger partial charge in [-0.15, -0.1) is 0 Å². The van der Waals surface area contributed by atoms with Gasteiger partial charge in [0, 0.05) is 5.92 Å². The molecule has 35 heavy (non-hydrogen) atoms. The Kier molecular flexibility index (Phi) is 6.76. The lowest BCUT2D eigenvalue weighted by atomic mass is 10.1. The van der Waals surface area contributed by atoms with Crippen molar-refractivity contribution in [1.82, 2.24) is 5.01 Å². The first kappa shape index (κ1) is 25.0. The van der Waals surface area contributed by atoms with Crippen LogP contribution in [0, 0.1) is 18.3 Å². The van der Waals surface area contributed by atoms with Gasteiger partial charge in [0.15, 0.2) is 11.6 Å². The standard InChI is InChI=1S/C23H21ClN4O5S2/c1-12(2)22-27-28-20(25)16(21(29)26-23(28)34-22)9-14-10-17(24)19(18(11-14)32-4)33-35(30,31)15-7-5-13(3)6-8-15/h5-12,25H,1-4H3/b16-9+,25-20?. The largest absolute Gasteiger partial charge is 0.493 e. The highest BCUT2D eigenvalue weighted by molar-refractivity contribution is 8.27. The van der Waals surface area contributed by atoms with E-state index in [0.29, 0.717) is 10.7 Å². The van der Waals surface area contributed by atoms with Crippen molar-refractivity contribution in [2.24, 2.45) is 16.0 Å². The zero-order valence-electron chi connectivity index (χ0n) is 19.2. The number of aryl methyl sites for hydroxylation is 1. The van der Waals surface area contributed by atoms with Crippen LogP contribution in [0.2, 0.25) is 5.02 Å². The number of hydrogen-bond donors (Lipinski definition) is 1. The van der Waals surface area contributed by atoms with Gasteiger partial charge in [-0.3, -0.25) is 10.2 Å². The van der Waals surface area contributed by atoms with Gasteiger partial charge in [-0.05, 0) is 54.6 Å². The molecule has 0 spiro atoms. The predicted molar refractivity (Wildman–Crippen MR) is 137 cm³/mol. The summed E-state index contributed by atoms with van der Waals surface area (Å²) in [5.74, 6) is -0.748. The average Bonchev–Trinajstić information content (AvgIpc) is 3.23. The molecule has 2 heterocycles. The summed E-state index contributed by atoms with van der Waals surface area (Å²) in [6.07, 6.45) is 1.42. The zero-order valence-corrected chi connectivity index (χ0v) is 21.6. The van der Waals surface area contributed by atoms with Crippen LogP contribution in [0.5, 0.6) is 11.5 Å². The molecular formula is C23H21ClN4O5S2. The molecule has 0 radical (unpaired) electrons. The molecule has 0 saturated heterocycles. The van der Waals surface area contributed by atoms with Crippen molar-refractivity contribution in [2.75, 3.05) is 7.11 Å². The van der Waals surface area contributed by atoms with Crippen LogP contribution in [0.1, 0.15) is 25.0 Å². The van der Waals surface area contributed by atoms with E-state index in [4.69, 9.17) is 25.9 Å². The molecule has 182 valence electrons. The number of carbonyl (C=O) groups is 1. The zero-order chi connectivity index (χ0) is 25.5. The molecule has 0 bridgehead atoms. The number of halogens is 1. The molecule has 12 heteroatoms. The first-order chi connectivity index (χ1) is 16.5. The molecule has 0 aromatic heterocycles. The summed E-state index contributed by atoms with van der Waals surface area (Å²) < 4.78 is 36.1. The van der Waals surface area contributed by atoms with Gasteiger partial charge in [-0.1, -0.05) is 43.1 Å². The summed E-state index contributed by atoms with van der Waals surface area (Å²) in [5, 5.41) is 15.2. The number of nitrogens with one attached hydrogen (secondary N) is 1. The lowest BCUT2D eigenvalue weighted by Crippen LogP contribution is -2.35. The molecule has 9 nitrogen and oxygen atoms in total. The van der Waals surface area contributed by atoms with Gasteiger partial charge in [-0.25, -0.2) is 0 Å². The van der Waals surface area contributed by atoms with Gasteiger partial charge in [0.25, 0.3) is 5.91 Å². The second-order valence-corrected chi connectivity index (χ2v) is 10.9. The lowest BCUT2D eigenvalue weighted by molar-refractivity contribution is -0.114. The molecular weight excluding hydrogens is 512 g/mol. The molecule has 1 N–H and O–H groups in total. The summed E-state index contributed by atoms with van der Waals surface area (Å²) in [6.45, 7) is 5.76. The predicted octanol–water partition coefficient (Wildman–Crippen LogP) is 4.70. The van der Waals surface area contributed by atoms with Crippen molar-refractivity contribution >= 4 is 61.5 Å². The number of hydrazone groups is 1. The first-order valence-corrected chi connectivity index (χ1v) is 13.0. The number of nitrogens with zero attached hydrogens (tertiary/aromatic N) is 3. The molecule has 0 aliphatic carbocycles. The molecule has 2 aromatic carbocycles. The van der Waals surface area contributed by atoms with Gasteiger partial charge >= 0.3 is 10.1 Å². The topological polar surface area (TPSA) is 121 Å². The van der Waals surface area contributed by atoms with Crippen LogP contribution >= 0.6 is 23.4 Å². The minimum atomic E-state index is -4.17. The number of fused-ring (bicyclic) bond motifs is 1. The number of amidine groups is 2. The molecule has 0 fully saturated rings. The maximum absolute atomic E-state index is 12.7. The summed E-state index contributed by atoms with van der Waals surface area (Å²) in [5.41, 5.74) is 1.29. The number of benzene rings is 2. The summed E-state index contributed by atoms with van der Waals surface area (Å²) in [6, 6.07) is 9.05. The number of ether oxygens (including phenoxy) is 1. The van der Waals surface area contributed by atoms with Gasteiger partial charge in [0.1, 0.15) is 9.94 Å². The van der Waals surface area contributed by atoms with Crippen LogP contribution in [0.15, 0.2) is 57.0 Å². The number of aliphatic imine (C=N–C) groups is 1. The minimum absolute atomic E-state index is 0.00201. The number of hydrogen-bond acceptors (Lipinski definition) is 8. The van der Waals surface area contributed by atoms with Crippen LogP contribution in [0.25, 0.3) is 6.08 Å². The Labute approximate surface area is 212 Å². The van der Waals surface area contributed by atoms with Crippen molar-refractivity contribution < 1.29 is 22.1 Å². The van der Waals surface area contributed by atoms with E-state index in [2.05, 4.69) is 10.1 Å². The van der Waals surface area contributed by atoms with Crippen molar-refractivity contribution in [3.63, 3.8) is 0 Å². The molecule has 2 aliphatic rings. The van der Waals surface area contributed by atoms with Crippen LogP contribution < -0.4 is 8.92 Å². The molecule has 2 aliphatic heterocycles. The van der Waals surface area contributed by atoms with E-state index in [-0.39, 0.29) is 38.7 Å². The van der Waals surface area contributed by atoms with Gasteiger partial charge in [0.2, 0.25) is 10.9 Å². The van der Waals surface area contributed by atoms with Crippen molar-refractivity contribution in [1.29, 1.82) is 5.41 Å². The Morgan fingerprint density at radius 3 is 2.51 bits per heavy atom. The maximum atomic E-state index is 12.7. The molecule has 4 rings (SSSR count). The van der Waals surface area contributed by atoms with Gasteiger partial charge < -0.3 is 8.92 Å². The fourth-order valence-corrected chi connectivity index (χ4v) is 5.33. The monoisotopic (exact) mass is 532 g/mol. The van der Waals surface area contributed by atoms with Crippen LogP contribution in [0.3, 0.4) is 0 Å². The van der Waals surface area contributed by atoms with E-state index >= 15 is 0 Å². The van der Waals surface area contributed by atoms with Gasteiger partial charge in [0.05, 0.1) is 17.7 Å². The summed E-state index contributed by atoms with van der Waals surface area (Å²) >= 11 is 7.62. The van der Waals surface area contributed by atoms with E-state index < -0.39 is 16.0 Å². The molecule has 0 saturated carbocycles. The lowest BCUT2D eigenvalue weighted by Gasteiger charge is -2.20. The van der Waals surface area contributed by atoms with Crippen LogP contribution in [0.4, 0.5) is 0 Å². The highest BCUT2D eigenvalue weighted by Crippen LogP contribution is 2.39. The highest BCUT2D eigenvalue weighted by Gasteiger charge is 2.36. The van der Waals surface area contributed by atoms with Crippen molar-refractivity contribution in [2.45, 2.75) is 25.7 Å². The Morgan fingerprint density at radius 1 is 1.20 bits per heavy atom. The fraction of sp³-hybridized carbons (Fsp3) is 0.217. The van der Waals surface area contributed by atoms with E-state index in [1.165, 1.54) is 54.2 Å². The number of rotatable bonds is 6. The second kappa shape index (κ2) is 9.48. The molecule has 2 aromatic rings. The number of thioether (sulfide) groups is 1. The quantitative estimate of drug-likeness (QED) is 0.422. The first-order valence-electron chi connectivity index (χ1n) is 10.4. The Bertz CT molecular complexity index is 1430. The van der Waals surface area contributed by atoms with Crippen LogP contribution in [-0.2, 0) is 14.9 Å². The third-order valence-corrected chi connectivity index (χ3v) is 7.75. The van der Waals surface area contributed by atoms with E-state index in [0.717, 1.165) is 10.6 Å². The fourth-order valence-electron chi connectivity index (χ4n) is 3.17. The molecule has 0 unspecified atom stereocenters. The minimum Gasteiger partial charge on any atom is -0.493 e. The number of carbonyl (C=O) groups excluding carboxylic acids is 1. The van der Waals surface area contributed by atoms with Gasteiger partial charge in [-0.2, -0.15) is 23.5 Å². The average molecular weight is 533 g/mol. The number of methoxy groups -OCH3 is 1. The molecule has 1 amide bonds. The molecule has 0 atom stereocenters. The Morgan fingerprint density at radius 2 is 1.89 bits per heavy atom. The normalized spacial score (nSPS) is 17.0. The Balaban J connectivity index is 1.68. The Hall–Kier alpha value is -3.15. The van der Waals surface area contributed by atoms with E-state index in [9.17, 15) is 13.2 Å².